The molecule has 2 aliphatic carbocycles. The van der Waals surface area contributed by atoms with Crippen LogP contribution < -0.4 is 26.3 Å². The van der Waals surface area contributed by atoms with Crippen LogP contribution in [0.2, 0.25) is 0 Å². The number of hydrogen-bond donors (Lipinski definition) is 3. The number of piperidine rings is 2. The molecule has 3 unspecified atom stereocenters. The molecule has 4 aromatic rings. The third-order valence-electron chi connectivity index (χ3n) is 17.6. The monoisotopic (exact) mass is 1020 g/mol. The maximum Gasteiger partial charge on any atom is 0.410 e. The van der Waals surface area contributed by atoms with Gasteiger partial charge in [0, 0.05) is 69.4 Å². The molecule has 396 valence electrons. The molecule has 0 bridgehead atoms. The highest BCUT2D eigenvalue weighted by Crippen LogP contribution is 2.67. The van der Waals surface area contributed by atoms with Gasteiger partial charge in [-0.3, -0.25) is 24.1 Å². The van der Waals surface area contributed by atoms with Gasteiger partial charge in [-0.2, -0.15) is 4.84 Å². The number of rotatable bonds is 14. The van der Waals surface area contributed by atoms with Crippen molar-refractivity contribution in [3.05, 3.63) is 132 Å². The Balaban J connectivity index is 1.03. The van der Waals surface area contributed by atoms with Gasteiger partial charge in [-0.25, -0.2) is 15.1 Å². The molecule has 4 aromatic carbocycles. The SMILES string of the molecule is NC(=O)C1C(C(=O)[N+]2(OCc3ccccc3)CCN(c3ccccc3)CC2)NCC2(CC2)C1[C@@]1(C(=O)N2CCN(c3ccccc3)CC2)[C@@H](C(=O)NOCc2ccccc2)CC2(CC2)CN1C(=O)OC1CCOCC1. The van der Waals surface area contributed by atoms with Crippen molar-refractivity contribution in [2.45, 2.75) is 75.8 Å². The number of anilines is 2. The Morgan fingerprint density at radius 3 is 1.83 bits per heavy atom. The number of nitrogens with two attached hydrogens (primary N) is 1. The molecule has 75 heavy (non-hydrogen) atoms. The molecule has 2 spiro atoms. The van der Waals surface area contributed by atoms with Gasteiger partial charge >= 0.3 is 12.0 Å². The minimum atomic E-state index is -2.07. The fourth-order valence-corrected chi connectivity index (χ4v) is 13.2. The van der Waals surface area contributed by atoms with Crippen LogP contribution in [-0.2, 0) is 51.5 Å². The van der Waals surface area contributed by atoms with Crippen molar-refractivity contribution in [2.75, 3.05) is 88.5 Å². The lowest BCUT2D eigenvalue weighted by atomic mass is 9.54. The second-order valence-corrected chi connectivity index (χ2v) is 22.1. The number of nitrogens with one attached hydrogen (secondary N) is 2. The van der Waals surface area contributed by atoms with Gasteiger partial charge < -0.3 is 35.2 Å². The molecular weight excluding hydrogens is 953 g/mol. The first kappa shape index (κ1) is 50.8. The number of amides is 5. The number of nitrogens with zero attached hydrogens (tertiary/aromatic N) is 5. The molecule has 11 rings (SSSR count). The second kappa shape index (κ2) is 21.3. The lowest BCUT2D eigenvalue weighted by Crippen LogP contribution is -2.80. The van der Waals surface area contributed by atoms with Crippen LogP contribution in [0, 0.1) is 28.6 Å². The fraction of sp³-hybridized carbons (Fsp3) is 0.500. The third-order valence-corrected chi connectivity index (χ3v) is 17.6. The number of hydroxylamine groups is 4. The summed E-state index contributed by atoms with van der Waals surface area (Å²) in [5, 5.41) is 3.56. The van der Waals surface area contributed by atoms with Crippen LogP contribution in [0.25, 0.3) is 0 Å². The molecule has 5 aliphatic heterocycles. The molecule has 5 atom stereocenters. The number of para-hydroxylation sites is 2. The minimum Gasteiger partial charge on any atom is -0.446 e. The van der Waals surface area contributed by atoms with E-state index in [9.17, 15) is 0 Å². The normalized spacial score (nSPS) is 26.8. The average molecular weight is 1020 g/mol. The van der Waals surface area contributed by atoms with Crippen LogP contribution >= 0.6 is 0 Å². The van der Waals surface area contributed by atoms with Crippen molar-refractivity contribution < 1.29 is 47.8 Å². The van der Waals surface area contributed by atoms with Crippen molar-refractivity contribution in [3.63, 3.8) is 0 Å². The number of benzene rings is 4. The molecule has 5 heterocycles. The van der Waals surface area contributed by atoms with E-state index in [2.05, 4.69) is 20.6 Å². The first-order valence-corrected chi connectivity index (χ1v) is 27.1. The van der Waals surface area contributed by atoms with Crippen LogP contribution in [0.5, 0.6) is 0 Å². The van der Waals surface area contributed by atoms with E-state index in [4.69, 9.17) is 24.9 Å². The number of carbonyl (C=O) groups is 5. The second-order valence-electron chi connectivity index (χ2n) is 22.1. The van der Waals surface area contributed by atoms with Crippen LogP contribution in [-0.4, -0.2) is 141 Å². The fourth-order valence-electron chi connectivity index (χ4n) is 13.2. The standard InChI is InChI=1S/C58H70N8O9/c59-51(67)48-49(53(69)66(74-39-43-15-7-2-8-16-43)33-31-63(32-34-66)45-19-11-4-12-20-45)60-40-57(25-26-57)50(48)58(54(70)64-29-27-62(28-30-64)44-17-9-3-10-18-44)47(52(68)61-73-38-42-13-5-1-6-14-42)37-56(23-24-56)41-65(58)55(71)75-46-21-35-72-36-22-46/h1-20,46-50,60H,21-41H2,(H2-,59,61,67,68)/p+1/t47-,48?,49?,50?,58-/m1/s1. The van der Waals surface area contributed by atoms with Gasteiger partial charge in [-0.15, -0.1) is 4.65 Å². The number of hydrogen-bond acceptors (Lipinski definition) is 12. The Morgan fingerprint density at radius 1 is 0.707 bits per heavy atom. The summed E-state index contributed by atoms with van der Waals surface area (Å²) in [6, 6.07) is 37.9. The Bertz CT molecular complexity index is 2660. The lowest BCUT2D eigenvalue weighted by Gasteiger charge is -2.61. The summed E-state index contributed by atoms with van der Waals surface area (Å²) in [7, 11) is 0. The summed E-state index contributed by atoms with van der Waals surface area (Å²) in [4.78, 5) is 100. The molecule has 2 saturated carbocycles. The zero-order valence-corrected chi connectivity index (χ0v) is 42.8. The topological polar surface area (TPSA) is 185 Å². The Hall–Kier alpha value is -6.37. The summed E-state index contributed by atoms with van der Waals surface area (Å²) in [6.45, 7) is 4.30. The highest BCUT2D eigenvalue weighted by Gasteiger charge is 2.77. The smallest absolute Gasteiger partial charge is 0.410 e. The van der Waals surface area contributed by atoms with E-state index >= 15 is 24.0 Å². The maximum absolute atomic E-state index is 16.9. The van der Waals surface area contributed by atoms with E-state index in [0.29, 0.717) is 65.1 Å². The van der Waals surface area contributed by atoms with Crippen molar-refractivity contribution in [1.29, 1.82) is 0 Å². The number of carbonyl (C=O) groups excluding carboxylic acids is 5. The molecule has 7 fully saturated rings. The highest BCUT2D eigenvalue weighted by molar-refractivity contribution is 5.99. The van der Waals surface area contributed by atoms with Crippen molar-refractivity contribution in [3.8, 4) is 0 Å². The van der Waals surface area contributed by atoms with Crippen molar-refractivity contribution >= 4 is 41.1 Å². The van der Waals surface area contributed by atoms with E-state index in [1.54, 1.807) is 9.80 Å². The van der Waals surface area contributed by atoms with Gasteiger partial charge in [-0.05, 0) is 78.3 Å². The zero-order chi connectivity index (χ0) is 51.6. The Labute approximate surface area is 439 Å². The Morgan fingerprint density at radius 2 is 1.27 bits per heavy atom. The van der Waals surface area contributed by atoms with E-state index in [0.717, 1.165) is 35.3 Å². The first-order valence-electron chi connectivity index (χ1n) is 27.1. The van der Waals surface area contributed by atoms with Crippen molar-refractivity contribution in [2.24, 2.45) is 34.3 Å². The maximum atomic E-state index is 16.9. The molecule has 0 aromatic heterocycles. The lowest BCUT2D eigenvalue weighted by molar-refractivity contribution is -1.05. The molecule has 5 amide bonds. The van der Waals surface area contributed by atoms with Crippen LogP contribution in [0.1, 0.15) is 56.1 Å². The van der Waals surface area contributed by atoms with E-state index in [1.165, 1.54) is 0 Å². The molecule has 17 heteroatoms. The number of quaternary nitrogens is 1. The quantitative estimate of drug-likeness (QED) is 0.111. The molecule has 5 saturated heterocycles. The third kappa shape index (κ3) is 10.1. The average Bonchev–Trinajstić information content (AvgIpc) is 4.44. The van der Waals surface area contributed by atoms with E-state index in [1.807, 2.05) is 121 Å². The van der Waals surface area contributed by atoms with Gasteiger partial charge in [0.15, 0.2) is 0 Å². The molecular formula is C58H71N8O9+. The van der Waals surface area contributed by atoms with Crippen LogP contribution in [0.4, 0.5) is 16.2 Å². The van der Waals surface area contributed by atoms with E-state index < -0.39 is 74.7 Å². The zero-order valence-electron chi connectivity index (χ0n) is 42.8. The number of piperazine rings is 2. The minimum absolute atomic E-state index is 0.0464. The van der Waals surface area contributed by atoms with Crippen LogP contribution in [0.3, 0.4) is 0 Å². The van der Waals surface area contributed by atoms with Gasteiger partial charge in [0.1, 0.15) is 37.4 Å². The molecule has 7 aliphatic rings. The number of primary amides is 1. The number of likely N-dealkylation sites (tertiary alicyclic amines) is 1. The number of ether oxygens (including phenoxy) is 2. The Kier molecular flexibility index (Phi) is 14.4. The largest absolute Gasteiger partial charge is 0.446 e. The first-order chi connectivity index (χ1) is 36.5. The summed E-state index contributed by atoms with van der Waals surface area (Å²) >= 11 is 0. The molecule has 0 radical (unpaired) electrons. The predicted octanol–water partition coefficient (Wildman–Crippen LogP) is 5.20. The summed E-state index contributed by atoms with van der Waals surface area (Å²) in [5.41, 5.74) is 9.93. The van der Waals surface area contributed by atoms with Crippen molar-refractivity contribution in [1.82, 2.24) is 20.6 Å². The van der Waals surface area contributed by atoms with Gasteiger partial charge in [-0.1, -0.05) is 97.1 Å². The van der Waals surface area contributed by atoms with Gasteiger partial charge in [0.05, 0.1) is 44.7 Å². The van der Waals surface area contributed by atoms with Gasteiger partial charge in [0.2, 0.25) is 17.7 Å². The van der Waals surface area contributed by atoms with Gasteiger partial charge in [0.25, 0.3) is 0 Å². The highest BCUT2D eigenvalue weighted by atomic mass is 16.7. The predicted molar refractivity (Wildman–Crippen MR) is 279 cm³/mol. The summed E-state index contributed by atoms with van der Waals surface area (Å²) in [6.07, 6.45) is 2.52. The van der Waals surface area contributed by atoms with Crippen LogP contribution in [0.15, 0.2) is 121 Å². The summed E-state index contributed by atoms with van der Waals surface area (Å²) < 4.78 is 11.8. The summed E-state index contributed by atoms with van der Waals surface area (Å²) in [5.74, 6) is -5.95. The molecule has 17 nitrogen and oxygen atoms in total. The van der Waals surface area contributed by atoms with E-state index in [-0.39, 0.29) is 64.8 Å². The molecule has 4 N–H and O–H groups in total.